The Morgan fingerprint density at radius 3 is 2.44 bits per heavy atom. The Balaban J connectivity index is 1.85. The Bertz CT molecular complexity index is 1180. The molecular weight excluding hydrogens is 479 g/mol. The number of nitrogens with one attached hydrogen (secondary N) is 1. The van der Waals surface area contributed by atoms with Crippen LogP contribution in [0.25, 0.3) is 0 Å². The quantitative estimate of drug-likeness (QED) is 0.490. The van der Waals surface area contributed by atoms with Crippen molar-refractivity contribution < 1.29 is 19.1 Å². The number of imidazole rings is 1. The lowest BCUT2D eigenvalue weighted by atomic mass is 10.1. The molecule has 168 valence electrons. The molecule has 0 aliphatic rings. The van der Waals surface area contributed by atoms with Crippen molar-refractivity contribution in [3.8, 4) is 11.5 Å². The molecule has 0 fully saturated rings. The summed E-state index contributed by atoms with van der Waals surface area (Å²) in [5.41, 5.74) is 6.63. The van der Waals surface area contributed by atoms with Gasteiger partial charge in [-0.1, -0.05) is 53.0 Å². The number of benzene rings is 2. The SMILES string of the molecule is COc1ccc(C(=O)NCc2nc(Cl)c(Cl)n2Cc2ccccc2C(N)=O)c(Cl)c1OC. The number of nitrogens with two attached hydrogens (primary N) is 1. The van der Waals surface area contributed by atoms with Gasteiger partial charge in [0.25, 0.3) is 5.91 Å². The zero-order valence-corrected chi connectivity index (χ0v) is 19.4. The number of rotatable bonds is 8. The zero-order chi connectivity index (χ0) is 23.4. The highest BCUT2D eigenvalue weighted by Crippen LogP contribution is 2.37. The number of ether oxygens (including phenoxy) is 2. The molecule has 0 radical (unpaired) electrons. The van der Waals surface area contributed by atoms with E-state index in [1.807, 2.05) is 0 Å². The van der Waals surface area contributed by atoms with Crippen LogP contribution in [0.4, 0.5) is 0 Å². The Hall–Kier alpha value is -2.94. The number of hydrogen-bond donors (Lipinski definition) is 2. The third kappa shape index (κ3) is 4.77. The normalized spacial score (nSPS) is 10.7. The molecule has 0 bridgehead atoms. The van der Waals surface area contributed by atoms with E-state index < -0.39 is 11.8 Å². The summed E-state index contributed by atoms with van der Waals surface area (Å²) >= 11 is 18.7. The third-order valence-corrected chi connectivity index (χ3v) is 5.81. The van der Waals surface area contributed by atoms with E-state index in [4.69, 9.17) is 50.0 Å². The van der Waals surface area contributed by atoms with Crippen molar-refractivity contribution in [3.05, 3.63) is 74.2 Å². The number of hydrogen-bond acceptors (Lipinski definition) is 5. The summed E-state index contributed by atoms with van der Waals surface area (Å²) in [5, 5.41) is 3.08. The van der Waals surface area contributed by atoms with Crippen LogP contribution >= 0.6 is 34.8 Å². The standard InChI is InChI=1S/C21H19Cl3N4O4/c1-31-14-8-7-13(16(22)17(14)32-2)21(30)26-9-15-27-18(23)19(24)28(15)10-11-5-3-4-6-12(11)20(25)29/h3-8H,9-10H2,1-2H3,(H2,25,29)(H,26,30). The highest BCUT2D eigenvalue weighted by molar-refractivity contribution is 6.40. The molecule has 3 aromatic rings. The van der Waals surface area contributed by atoms with Crippen LogP contribution in [0, 0.1) is 0 Å². The fourth-order valence-electron chi connectivity index (χ4n) is 3.13. The van der Waals surface area contributed by atoms with E-state index in [1.54, 1.807) is 34.9 Å². The van der Waals surface area contributed by atoms with Crippen LogP contribution in [0.3, 0.4) is 0 Å². The Labute approximate surface area is 199 Å². The van der Waals surface area contributed by atoms with Gasteiger partial charge in [0.05, 0.1) is 37.9 Å². The summed E-state index contributed by atoms with van der Waals surface area (Å²) in [6.07, 6.45) is 0. The number of amides is 2. The minimum absolute atomic E-state index is 0.00527. The van der Waals surface area contributed by atoms with Crippen molar-refractivity contribution in [2.75, 3.05) is 14.2 Å². The van der Waals surface area contributed by atoms with Crippen LogP contribution < -0.4 is 20.5 Å². The first-order chi connectivity index (χ1) is 15.3. The largest absolute Gasteiger partial charge is 0.493 e. The van der Waals surface area contributed by atoms with Crippen LogP contribution in [0.2, 0.25) is 15.3 Å². The number of nitrogens with zero attached hydrogens (tertiary/aromatic N) is 2. The Morgan fingerprint density at radius 1 is 1.06 bits per heavy atom. The van der Waals surface area contributed by atoms with Gasteiger partial charge in [-0.3, -0.25) is 9.59 Å². The fourth-order valence-corrected chi connectivity index (χ4v) is 3.85. The lowest BCUT2D eigenvalue weighted by Gasteiger charge is -2.14. The van der Waals surface area contributed by atoms with Crippen molar-refractivity contribution in [1.82, 2.24) is 14.9 Å². The molecule has 8 nitrogen and oxygen atoms in total. The second-order valence-corrected chi connectivity index (χ2v) is 7.66. The maximum Gasteiger partial charge on any atom is 0.253 e. The van der Waals surface area contributed by atoms with E-state index in [9.17, 15) is 9.59 Å². The average Bonchev–Trinajstić information content (AvgIpc) is 3.05. The number of carbonyl (C=O) groups is 2. The number of primary amides is 1. The van der Waals surface area contributed by atoms with Crippen molar-refractivity contribution in [2.24, 2.45) is 5.73 Å². The van der Waals surface area contributed by atoms with E-state index in [1.165, 1.54) is 20.3 Å². The van der Waals surface area contributed by atoms with Crippen molar-refractivity contribution in [2.45, 2.75) is 13.1 Å². The predicted octanol–water partition coefficient (Wildman–Crippen LogP) is 3.94. The van der Waals surface area contributed by atoms with Gasteiger partial charge >= 0.3 is 0 Å². The van der Waals surface area contributed by atoms with Gasteiger partial charge in [-0.2, -0.15) is 0 Å². The van der Waals surface area contributed by atoms with E-state index >= 15 is 0 Å². The fraction of sp³-hybridized carbons (Fsp3) is 0.190. The molecule has 3 rings (SSSR count). The van der Waals surface area contributed by atoms with Crippen molar-refractivity contribution in [3.63, 3.8) is 0 Å². The summed E-state index contributed by atoms with van der Waals surface area (Å²) in [6, 6.07) is 9.94. The van der Waals surface area contributed by atoms with Crippen LogP contribution in [0.1, 0.15) is 32.1 Å². The topological polar surface area (TPSA) is 108 Å². The van der Waals surface area contributed by atoms with Gasteiger partial charge in [-0.25, -0.2) is 4.98 Å². The molecule has 0 saturated carbocycles. The average molecular weight is 498 g/mol. The van der Waals surface area contributed by atoms with Crippen LogP contribution in [-0.4, -0.2) is 35.6 Å². The van der Waals surface area contributed by atoms with E-state index in [0.29, 0.717) is 22.7 Å². The van der Waals surface area contributed by atoms with Gasteiger partial charge in [-0.15, -0.1) is 0 Å². The molecule has 1 heterocycles. The molecule has 2 amide bonds. The molecule has 0 unspecified atom stereocenters. The number of halogens is 3. The number of carbonyl (C=O) groups excluding carboxylic acids is 2. The van der Waals surface area contributed by atoms with E-state index in [2.05, 4.69) is 10.3 Å². The first kappa shape index (κ1) is 23.7. The molecule has 0 aliphatic heterocycles. The zero-order valence-electron chi connectivity index (χ0n) is 17.1. The maximum absolute atomic E-state index is 12.8. The summed E-state index contributed by atoms with van der Waals surface area (Å²) in [4.78, 5) is 28.7. The highest BCUT2D eigenvalue weighted by atomic mass is 35.5. The molecule has 1 aromatic heterocycles. The van der Waals surface area contributed by atoms with Crippen LogP contribution in [0.5, 0.6) is 11.5 Å². The molecule has 32 heavy (non-hydrogen) atoms. The molecule has 0 spiro atoms. The molecule has 0 atom stereocenters. The van der Waals surface area contributed by atoms with E-state index in [-0.39, 0.29) is 39.7 Å². The monoisotopic (exact) mass is 496 g/mol. The van der Waals surface area contributed by atoms with Crippen molar-refractivity contribution in [1.29, 1.82) is 0 Å². The van der Waals surface area contributed by atoms with Gasteiger partial charge < -0.3 is 25.1 Å². The summed E-state index contributed by atoms with van der Waals surface area (Å²) in [7, 11) is 2.90. The van der Waals surface area contributed by atoms with Gasteiger partial charge in [0, 0.05) is 5.56 Å². The predicted molar refractivity (Wildman–Crippen MR) is 122 cm³/mol. The van der Waals surface area contributed by atoms with Gasteiger partial charge in [-0.05, 0) is 23.8 Å². The molecular formula is C21H19Cl3N4O4. The number of aromatic nitrogens is 2. The Morgan fingerprint density at radius 2 is 1.78 bits per heavy atom. The molecule has 0 saturated heterocycles. The van der Waals surface area contributed by atoms with Crippen molar-refractivity contribution >= 4 is 46.6 Å². The minimum Gasteiger partial charge on any atom is -0.493 e. The summed E-state index contributed by atoms with van der Waals surface area (Å²) in [5.74, 6) is -0.00544. The first-order valence-corrected chi connectivity index (χ1v) is 10.4. The van der Waals surface area contributed by atoms with Gasteiger partial charge in [0.2, 0.25) is 5.91 Å². The smallest absolute Gasteiger partial charge is 0.253 e. The van der Waals surface area contributed by atoms with Gasteiger partial charge in [0.1, 0.15) is 11.0 Å². The lowest BCUT2D eigenvalue weighted by Crippen LogP contribution is -2.25. The highest BCUT2D eigenvalue weighted by Gasteiger charge is 2.21. The van der Waals surface area contributed by atoms with Crippen LogP contribution in [0.15, 0.2) is 36.4 Å². The van der Waals surface area contributed by atoms with Crippen LogP contribution in [-0.2, 0) is 13.1 Å². The van der Waals surface area contributed by atoms with Gasteiger partial charge in [0.15, 0.2) is 16.7 Å². The second-order valence-electron chi connectivity index (χ2n) is 6.56. The van der Waals surface area contributed by atoms with E-state index in [0.717, 1.165) is 0 Å². The lowest BCUT2D eigenvalue weighted by molar-refractivity contribution is 0.0948. The third-order valence-electron chi connectivity index (χ3n) is 4.69. The Kier molecular flexibility index (Phi) is 7.50. The molecule has 2 aromatic carbocycles. The molecule has 0 aliphatic carbocycles. The molecule has 3 N–H and O–H groups in total. The second kappa shape index (κ2) is 10.1. The number of methoxy groups -OCH3 is 2. The summed E-state index contributed by atoms with van der Waals surface area (Å²) in [6.45, 7) is 0.175. The first-order valence-electron chi connectivity index (χ1n) is 9.25. The molecule has 11 heteroatoms. The summed E-state index contributed by atoms with van der Waals surface area (Å²) < 4.78 is 12.0. The maximum atomic E-state index is 12.8. The minimum atomic E-state index is -0.569.